The van der Waals surface area contributed by atoms with Gasteiger partial charge in [-0.2, -0.15) is 0 Å². The van der Waals surface area contributed by atoms with Crippen molar-refractivity contribution >= 4 is 23.4 Å². The van der Waals surface area contributed by atoms with E-state index in [-0.39, 0.29) is 23.8 Å². The van der Waals surface area contributed by atoms with Crippen molar-refractivity contribution in [2.45, 2.75) is 39.7 Å². The molecule has 1 atom stereocenters. The lowest BCUT2D eigenvalue weighted by Gasteiger charge is -2.39. The molecule has 2 aromatic rings. The number of rotatable bonds is 5. The Morgan fingerprint density at radius 1 is 0.912 bits per heavy atom. The van der Waals surface area contributed by atoms with Gasteiger partial charge in [0.25, 0.3) is 0 Å². The second kappa shape index (κ2) is 10.4. The van der Waals surface area contributed by atoms with Gasteiger partial charge in [0.2, 0.25) is 17.7 Å². The highest BCUT2D eigenvalue weighted by Gasteiger charge is 2.32. The van der Waals surface area contributed by atoms with Gasteiger partial charge in [-0.25, -0.2) is 0 Å². The standard InChI is InChI=1S/C27H34N4O3/c1-19-7-6-8-20(2)27(19)28-25(33)18-29-13-15-30(16-14-29)26(34)17-24-23-10-5-4-9-22(23)11-12-31(24)21(3)32/h4-10,24H,11-18H2,1-3H3,(H,28,33). The summed E-state index contributed by atoms with van der Waals surface area (Å²) in [6.07, 6.45) is 1.12. The van der Waals surface area contributed by atoms with Gasteiger partial charge in [-0.1, -0.05) is 42.5 Å². The van der Waals surface area contributed by atoms with E-state index in [1.165, 1.54) is 5.56 Å². The molecule has 4 rings (SSSR count). The molecule has 0 aliphatic carbocycles. The topological polar surface area (TPSA) is 73.0 Å². The van der Waals surface area contributed by atoms with Crippen LogP contribution in [0.3, 0.4) is 0 Å². The zero-order valence-corrected chi connectivity index (χ0v) is 20.3. The van der Waals surface area contributed by atoms with Crippen LogP contribution in [0.25, 0.3) is 0 Å². The number of anilines is 1. The summed E-state index contributed by atoms with van der Waals surface area (Å²) >= 11 is 0. The minimum Gasteiger partial charge on any atom is -0.340 e. The molecule has 2 aromatic carbocycles. The number of nitrogens with zero attached hydrogens (tertiary/aromatic N) is 3. The number of hydrogen-bond donors (Lipinski definition) is 1. The van der Waals surface area contributed by atoms with Crippen molar-refractivity contribution in [3.8, 4) is 0 Å². The van der Waals surface area contributed by atoms with Crippen molar-refractivity contribution in [1.29, 1.82) is 0 Å². The number of para-hydroxylation sites is 1. The van der Waals surface area contributed by atoms with E-state index in [0.717, 1.165) is 28.8 Å². The minimum atomic E-state index is -0.212. The van der Waals surface area contributed by atoms with Crippen LogP contribution in [0.1, 0.15) is 41.6 Å². The smallest absolute Gasteiger partial charge is 0.238 e. The van der Waals surface area contributed by atoms with Crippen molar-refractivity contribution in [2.75, 3.05) is 44.6 Å². The van der Waals surface area contributed by atoms with Crippen molar-refractivity contribution in [3.63, 3.8) is 0 Å². The molecule has 0 radical (unpaired) electrons. The third-order valence-electron chi connectivity index (χ3n) is 7.02. The minimum absolute atomic E-state index is 0.00650. The summed E-state index contributed by atoms with van der Waals surface area (Å²) in [5, 5.41) is 3.04. The Morgan fingerprint density at radius 2 is 1.59 bits per heavy atom. The van der Waals surface area contributed by atoms with Gasteiger partial charge in [0.15, 0.2) is 0 Å². The van der Waals surface area contributed by atoms with Crippen molar-refractivity contribution in [3.05, 3.63) is 64.7 Å². The fourth-order valence-corrected chi connectivity index (χ4v) is 5.09. The van der Waals surface area contributed by atoms with Crippen molar-refractivity contribution < 1.29 is 14.4 Å². The number of carbonyl (C=O) groups is 3. The Morgan fingerprint density at radius 3 is 2.26 bits per heavy atom. The van der Waals surface area contributed by atoms with E-state index in [4.69, 9.17) is 0 Å². The van der Waals surface area contributed by atoms with E-state index in [2.05, 4.69) is 16.3 Å². The number of piperazine rings is 1. The van der Waals surface area contributed by atoms with E-state index in [0.29, 0.717) is 45.7 Å². The molecule has 2 heterocycles. The van der Waals surface area contributed by atoms with Gasteiger partial charge in [-0.15, -0.1) is 0 Å². The number of aryl methyl sites for hydroxylation is 2. The Labute approximate surface area is 201 Å². The molecule has 7 heteroatoms. The molecular weight excluding hydrogens is 428 g/mol. The first-order valence-corrected chi connectivity index (χ1v) is 12.0. The number of fused-ring (bicyclic) bond motifs is 1. The second-order valence-corrected chi connectivity index (χ2v) is 9.35. The number of benzene rings is 2. The molecule has 0 spiro atoms. The lowest BCUT2D eigenvalue weighted by molar-refractivity contribution is -0.137. The molecule has 0 aromatic heterocycles. The van der Waals surface area contributed by atoms with Crippen LogP contribution < -0.4 is 5.32 Å². The third kappa shape index (κ3) is 5.30. The van der Waals surface area contributed by atoms with Gasteiger partial charge in [0, 0.05) is 45.3 Å². The number of hydrogen-bond acceptors (Lipinski definition) is 4. The highest BCUT2D eigenvalue weighted by Crippen LogP contribution is 2.33. The van der Waals surface area contributed by atoms with Crippen LogP contribution in [-0.2, 0) is 20.8 Å². The summed E-state index contributed by atoms with van der Waals surface area (Å²) in [5.41, 5.74) is 5.28. The van der Waals surface area contributed by atoms with Gasteiger partial charge in [0.1, 0.15) is 0 Å². The van der Waals surface area contributed by atoms with Gasteiger partial charge in [0.05, 0.1) is 19.0 Å². The van der Waals surface area contributed by atoms with Crippen molar-refractivity contribution in [2.24, 2.45) is 0 Å². The van der Waals surface area contributed by atoms with Gasteiger partial charge in [-0.05, 0) is 42.5 Å². The normalized spacial score (nSPS) is 18.4. The molecule has 0 bridgehead atoms. The maximum atomic E-state index is 13.2. The summed E-state index contributed by atoms with van der Waals surface area (Å²) in [4.78, 5) is 43.8. The fraction of sp³-hybridized carbons (Fsp3) is 0.444. The lowest BCUT2D eigenvalue weighted by Crippen LogP contribution is -2.51. The molecule has 1 N–H and O–H groups in total. The molecule has 3 amide bonds. The molecule has 2 aliphatic rings. The maximum absolute atomic E-state index is 13.2. The Kier molecular flexibility index (Phi) is 7.32. The van der Waals surface area contributed by atoms with Crippen molar-refractivity contribution in [1.82, 2.24) is 14.7 Å². The Balaban J connectivity index is 1.32. The molecular formula is C27H34N4O3. The zero-order chi connectivity index (χ0) is 24.2. The van der Waals surface area contributed by atoms with Crippen LogP contribution in [-0.4, -0.2) is 71.7 Å². The van der Waals surface area contributed by atoms with E-state index < -0.39 is 0 Å². The summed E-state index contributed by atoms with van der Waals surface area (Å²) in [5.74, 6) is 0.0349. The van der Waals surface area contributed by atoms with E-state index >= 15 is 0 Å². The number of carbonyl (C=O) groups excluding carboxylic acids is 3. The Bertz CT molecular complexity index is 1060. The maximum Gasteiger partial charge on any atom is 0.238 e. The first-order chi connectivity index (χ1) is 16.3. The zero-order valence-electron chi connectivity index (χ0n) is 20.3. The number of amides is 3. The monoisotopic (exact) mass is 462 g/mol. The van der Waals surface area contributed by atoms with Gasteiger partial charge >= 0.3 is 0 Å². The largest absolute Gasteiger partial charge is 0.340 e. The molecule has 0 saturated carbocycles. The summed E-state index contributed by atoms with van der Waals surface area (Å²) in [6.45, 7) is 9.00. The lowest BCUT2D eigenvalue weighted by atomic mass is 9.90. The fourth-order valence-electron chi connectivity index (χ4n) is 5.09. The predicted molar refractivity (Wildman–Crippen MR) is 132 cm³/mol. The quantitative estimate of drug-likeness (QED) is 0.742. The molecule has 1 unspecified atom stereocenters. The molecule has 1 fully saturated rings. The number of nitrogens with one attached hydrogen (secondary N) is 1. The van der Waals surface area contributed by atoms with Crippen LogP contribution in [0.5, 0.6) is 0 Å². The molecule has 34 heavy (non-hydrogen) atoms. The predicted octanol–water partition coefficient (Wildman–Crippen LogP) is 2.92. The average molecular weight is 463 g/mol. The van der Waals surface area contributed by atoms with Gasteiger partial charge in [-0.3, -0.25) is 19.3 Å². The Hall–Kier alpha value is -3.19. The molecule has 180 valence electrons. The summed E-state index contributed by atoms with van der Waals surface area (Å²) in [7, 11) is 0. The van der Waals surface area contributed by atoms with Crippen LogP contribution >= 0.6 is 0 Å². The van der Waals surface area contributed by atoms with Gasteiger partial charge < -0.3 is 15.1 Å². The molecule has 2 aliphatic heterocycles. The van der Waals surface area contributed by atoms with Crippen LogP contribution in [0.15, 0.2) is 42.5 Å². The SMILES string of the molecule is CC(=O)N1CCc2ccccc2C1CC(=O)N1CCN(CC(=O)Nc2c(C)cccc2C)CC1. The first-order valence-electron chi connectivity index (χ1n) is 12.0. The van der Waals surface area contributed by atoms with E-state index in [1.807, 2.05) is 60.0 Å². The van der Waals surface area contributed by atoms with E-state index in [9.17, 15) is 14.4 Å². The van der Waals surface area contributed by atoms with E-state index in [1.54, 1.807) is 6.92 Å². The summed E-state index contributed by atoms with van der Waals surface area (Å²) in [6, 6.07) is 13.9. The average Bonchev–Trinajstić information content (AvgIpc) is 2.82. The van der Waals surface area contributed by atoms with Crippen LogP contribution in [0.4, 0.5) is 5.69 Å². The summed E-state index contributed by atoms with van der Waals surface area (Å²) < 4.78 is 0. The van der Waals surface area contributed by atoms with Crippen LogP contribution in [0, 0.1) is 13.8 Å². The molecule has 1 saturated heterocycles. The first kappa shape index (κ1) is 24.0. The third-order valence-corrected chi connectivity index (χ3v) is 7.02. The second-order valence-electron chi connectivity index (χ2n) is 9.35. The molecule has 7 nitrogen and oxygen atoms in total. The highest BCUT2D eigenvalue weighted by atomic mass is 16.2. The van der Waals surface area contributed by atoms with Crippen LogP contribution in [0.2, 0.25) is 0 Å². The highest BCUT2D eigenvalue weighted by molar-refractivity contribution is 5.93.